The zero-order valence-corrected chi connectivity index (χ0v) is 16.7. The van der Waals surface area contributed by atoms with Crippen LogP contribution < -0.4 is 4.72 Å². The number of benzene rings is 2. The molecule has 1 aliphatic heterocycles. The molecule has 2 N–H and O–H groups in total. The number of carbonyl (C=O) groups is 1. The minimum absolute atomic E-state index is 0.0695. The number of hydrogen-bond donors (Lipinski definition) is 2. The first-order chi connectivity index (χ1) is 14.0. The molecule has 0 radical (unpaired) electrons. The first-order valence-corrected chi connectivity index (χ1v) is 10.8. The molecule has 10 heteroatoms. The summed E-state index contributed by atoms with van der Waals surface area (Å²) in [4.78, 5) is 13.7. The molecule has 0 aromatic heterocycles. The minimum atomic E-state index is -4.54. The number of anilines is 1. The number of aliphatic hydroxyl groups is 1. The number of nitrogens with zero attached hydrogens (tertiary/aromatic N) is 1. The maximum atomic E-state index is 12.6. The highest BCUT2D eigenvalue weighted by Gasteiger charge is 2.30. The Bertz CT molecular complexity index is 982. The van der Waals surface area contributed by atoms with Crippen molar-refractivity contribution in [1.29, 1.82) is 0 Å². The van der Waals surface area contributed by atoms with E-state index in [9.17, 15) is 31.5 Å². The van der Waals surface area contributed by atoms with Crippen LogP contribution in [0.3, 0.4) is 0 Å². The normalized spacial score (nSPS) is 15.8. The van der Waals surface area contributed by atoms with Crippen molar-refractivity contribution in [2.24, 2.45) is 0 Å². The number of alkyl halides is 3. The number of likely N-dealkylation sites (tertiary alicyclic amines) is 1. The molecule has 0 saturated carbocycles. The van der Waals surface area contributed by atoms with Crippen molar-refractivity contribution < 1.29 is 31.5 Å². The van der Waals surface area contributed by atoms with E-state index >= 15 is 0 Å². The zero-order valence-electron chi connectivity index (χ0n) is 15.9. The highest BCUT2D eigenvalue weighted by atomic mass is 32.2. The molecule has 0 bridgehead atoms. The molecule has 1 saturated heterocycles. The van der Waals surface area contributed by atoms with Gasteiger partial charge >= 0.3 is 6.18 Å². The number of rotatable bonds is 5. The summed E-state index contributed by atoms with van der Waals surface area (Å²) < 4.78 is 65.0. The highest BCUT2D eigenvalue weighted by molar-refractivity contribution is 7.92. The van der Waals surface area contributed by atoms with Crippen molar-refractivity contribution in [2.75, 3.05) is 17.8 Å². The molecule has 3 rings (SSSR count). The summed E-state index contributed by atoms with van der Waals surface area (Å²) in [5.74, 6) is -0.0695. The first-order valence-electron chi connectivity index (χ1n) is 9.29. The third-order valence-electron chi connectivity index (χ3n) is 4.87. The SMILES string of the molecule is O=C(Cc1ccc(NS(=O)(=O)c2ccc(C(F)(F)F)cc2)cc1)N1CCC(O)CC1. The van der Waals surface area contributed by atoms with Gasteiger partial charge in [-0.2, -0.15) is 13.2 Å². The van der Waals surface area contributed by atoms with Crippen molar-refractivity contribution in [1.82, 2.24) is 4.90 Å². The number of hydrogen-bond acceptors (Lipinski definition) is 4. The van der Waals surface area contributed by atoms with Gasteiger partial charge in [0.2, 0.25) is 5.91 Å². The molecule has 1 heterocycles. The summed E-state index contributed by atoms with van der Waals surface area (Å²) >= 11 is 0. The number of carbonyl (C=O) groups excluding carboxylic acids is 1. The molecule has 162 valence electrons. The average molecular weight is 442 g/mol. The first kappa shape index (κ1) is 22.1. The number of halogens is 3. The molecular weight excluding hydrogens is 421 g/mol. The molecular formula is C20H21F3N2O4S. The fraction of sp³-hybridized carbons (Fsp3) is 0.350. The fourth-order valence-corrected chi connectivity index (χ4v) is 4.19. The maximum absolute atomic E-state index is 12.6. The van der Waals surface area contributed by atoms with Crippen molar-refractivity contribution >= 4 is 21.6 Å². The van der Waals surface area contributed by atoms with E-state index in [0.717, 1.165) is 12.1 Å². The molecule has 0 atom stereocenters. The van der Waals surface area contributed by atoms with Gasteiger partial charge in [0, 0.05) is 18.8 Å². The standard InChI is InChI=1S/C20H21F3N2O4S/c21-20(22,23)15-3-7-18(8-4-15)30(28,29)24-16-5-1-14(2-6-16)13-19(27)25-11-9-17(26)10-12-25/h1-8,17,24,26H,9-13H2. The number of nitrogens with one attached hydrogen (secondary N) is 1. The van der Waals surface area contributed by atoms with E-state index in [0.29, 0.717) is 43.6 Å². The summed E-state index contributed by atoms with van der Waals surface area (Å²) in [5.41, 5.74) is -0.00511. The quantitative estimate of drug-likeness (QED) is 0.745. The Hall–Kier alpha value is -2.59. The molecule has 2 aromatic rings. The summed E-state index contributed by atoms with van der Waals surface area (Å²) in [6.07, 6.45) is -3.66. The van der Waals surface area contributed by atoms with E-state index < -0.39 is 21.8 Å². The molecule has 0 aliphatic carbocycles. The van der Waals surface area contributed by atoms with E-state index in [2.05, 4.69) is 4.72 Å². The second kappa shape index (κ2) is 8.65. The molecule has 6 nitrogen and oxygen atoms in total. The van der Waals surface area contributed by atoms with Crippen LogP contribution in [0.15, 0.2) is 53.4 Å². The number of piperidine rings is 1. The van der Waals surface area contributed by atoms with E-state index in [4.69, 9.17) is 0 Å². The monoisotopic (exact) mass is 442 g/mol. The number of aliphatic hydroxyl groups excluding tert-OH is 1. The largest absolute Gasteiger partial charge is 0.416 e. The van der Waals surface area contributed by atoms with Gasteiger partial charge in [0.15, 0.2) is 0 Å². The Balaban J connectivity index is 1.62. The molecule has 2 aromatic carbocycles. The van der Waals surface area contributed by atoms with E-state index in [1.807, 2.05) is 0 Å². The lowest BCUT2D eigenvalue weighted by Crippen LogP contribution is -2.40. The highest BCUT2D eigenvalue weighted by Crippen LogP contribution is 2.30. The third-order valence-corrected chi connectivity index (χ3v) is 6.27. The molecule has 1 amide bonds. The van der Waals surface area contributed by atoms with Crippen LogP contribution in [0.5, 0.6) is 0 Å². The minimum Gasteiger partial charge on any atom is -0.393 e. The smallest absolute Gasteiger partial charge is 0.393 e. The Morgan fingerprint density at radius 2 is 1.60 bits per heavy atom. The number of amides is 1. The van der Waals surface area contributed by atoms with Gasteiger partial charge in [-0.3, -0.25) is 9.52 Å². The molecule has 1 fully saturated rings. The zero-order chi connectivity index (χ0) is 21.9. The Morgan fingerprint density at radius 1 is 1.03 bits per heavy atom. The van der Waals surface area contributed by atoms with E-state index in [1.54, 1.807) is 17.0 Å². The lowest BCUT2D eigenvalue weighted by Gasteiger charge is -2.29. The lowest BCUT2D eigenvalue weighted by molar-refractivity contribution is -0.137. The molecule has 0 spiro atoms. The van der Waals surface area contributed by atoms with Crippen LogP contribution in [0.2, 0.25) is 0 Å². The maximum Gasteiger partial charge on any atom is 0.416 e. The predicted molar refractivity (Wildman–Crippen MR) is 104 cm³/mol. The summed E-state index contributed by atoms with van der Waals surface area (Å²) in [6, 6.07) is 9.42. The topological polar surface area (TPSA) is 86.7 Å². The summed E-state index contributed by atoms with van der Waals surface area (Å²) in [5, 5.41) is 9.51. The Morgan fingerprint density at radius 3 is 2.13 bits per heavy atom. The number of sulfonamides is 1. The van der Waals surface area contributed by atoms with Gasteiger partial charge in [-0.25, -0.2) is 8.42 Å². The van der Waals surface area contributed by atoms with Gasteiger partial charge in [-0.15, -0.1) is 0 Å². The molecule has 30 heavy (non-hydrogen) atoms. The van der Waals surface area contributed by atoms with Gasteiger partial charge < -0.3 is 10.0 Å². The second-order valence-electron chi connectivity index (χ2n) is 7.11. The summed E-state index contributed by atoms with van der Waals surface area (Å²) in [7, 11) is -4.05. The summed E-state index contributed by atoms with van der Waals surface area (Å²) in [6.45, 7) is 1.01. The van der Waals surface area contributed by atoms with Crippen LogP contribution in [0.25, 0.3) is 0 Å². The van der Waals surface area contributed by atoms with Gasteiger partial charge in [0.25, 0.3) is 10.0 Å². The van der Waals surface area contributed by atoms with Crippen molar-refractivity contribution in [3.05, 3.63) is 59.7 Å². The molecule has 1 aliphatic rings. The van der Waals surface area contributed by atoms with Crippen LogP contribution in [-0.2, 0) is 27.4 Å². The average Bonchev–Trinajstić information content (AvgIpc) is 2.69. The van der Waals surface area contributed by atoms with Gasteiger partial charge in [0.05, 0.1) is 23.0 Å². The van der Waals surface area contributed by atoms with E-state index in [1.165, 1.54) is 12.1 Å². The van der Waals surface area contributed by atoms with Crippen molar-refractivity contribution in [3.8, 4) is 0 Å². The fourth-order valence-electron chi connectivity index (χ4n) is 3.13. The van der Waals surface area contributed by atoms with Gasteiger partial charge in [-0.1, -0.05) is 12.1 Å². The van der Waals surface area contributed by atoms with Crippen molar-refractivity contribution in [2.45, 2.75) is 36.4 Å². The van der Waals surface area contributed by atoms with E-state index in [-0.39, 0.29) is 29.0 Å². The van der Waals surface area contributed by atoms with Crippen LogP contribution in [-0.4, -0.2) is 43.5 Å². The second-order valence-corrected chi connectivity index (χ2v) is 8.80. The predicted octanol–water partition coefficient (Wildman–Crippen LogP) is 3.03. The van der Waals surface area contributed by atoms with Crippen LogP contribution in [0.1, 0.15) is 24.0 Å². The van der Waals surface area contributed by atoms with Crippen LogP contribution >= 0.6 is 0 Å². The van der Waals surface area contributed by atoms with Crippen molar-refractivity contribution in [3.63, 3.8) is 0 Å². The van der Waals surface area contributed by atoms with Crippen LogP contribution in [0.4, 0.5) is 18.9 Å². The van der Waals surface area contributed by atoms with Gasteiger partial charge in [-0.05, 0) is 54.8 Å². The van der Waals surface area contributed by atoms with Crippen LogP contribution in [0, 0.1) is 0 Å². The Labute approximate surface area is 172 Å². The lowest BCUT2D eigenvalue weighted by atomic mass is 10.1. The van der Waals surface area contributed by atoms with Gasteiger partial charge in [0.1, 0.15) is 0 Å². The molecule has 0 unspecified atom stereocenters. The Kier molecular flexibility index (Phi) is 6.37. The third kappa shape index (κ3) is 5.51.